The van der Waals surface area contributed by atoms with Crippen LogP contribution in [-0.2, 0) is 18.3 Å². The van der Waals surface area contributed by atoms with Crippen molar-refractivity contribution in [1.29, 1.82) is 0 Å². The second-order valence-electron chi connectivity index (χ2n) is 10.4. The lowest BCUT2D eigenvalue weighted by Crippen LogP contribution is -2.42. The van der Waals surface area contributed by atoms with Crippen molar-refractivity contribution in [3.05, 3.63) is 113 Å². The Morgan fingerprint density at radius 3 is 2.35 bits per heavy atom. The first-order valence-electron chi connectivity index (χ1n) is 13.0. The quantitative estimate of drug-likeness (QED) is 0.310. The van der Waals surface area contributed by atoms with E-state index >= 15 is 0 Å². The molecule has 2 atom stereocenters. The lowest BCUT2D eigenvalue weighted by Gasteiger charge is -2.44. The predicted molar refractivity (Wildman–Crippen MR) is 148 cm³/mol. The molecule has 1 saturated carbocycles. The number of carboxylic acid groups (broad SMARTS) is 1. The molecule has 4 aromatic rings. The van der Waals surface area contributed by atoms with Crippen molar-refractivity contribution in [2.75, 3.05) is 4.90 Å². The average Bonchev–Trinajstić information content (AvgIpc) is 3.66. The van der Waals surface area contributed by atoms with Gasteiger partial charge in [0, 0.05) is 36.6 Å². The minimum absolute atomic E-state index is 0.0611. The Kier molecular flexibility index (Phi) is 5.91. The summed E-state index contributed by atoms with van der Waals surface area (Å²) in [5, 5.41) is 13.4. The van der Waals surface area contributed by atoms with E-state index in [-0.39, 0.29) is 6.04 Å². The molecular formula is C32H31N3O2. The first-order chi connectivity index (χ1) is 18.0. The first kappa shape index (κ1) is 23.3. The van der Waals surface area contributed by atoms with Crippen molar-refractivity contribution in [1.82, 2.24) is 9.78 Å². The molecule has 2 aliphatic rings. The Hall–Kier alpha value is -4.12. The number of aryl methyl sites for hydroxylation is 1. The van der Waals surface area contributed by atoms with Gasteiger partial charge in [-0.1, -0.05) is 54.6 Å². The van der Waals surface area contributed by atoms with Gasteiger partial charge in [0.1, 0.15) is 0 Å². The van der Waals surface area contributed by atoms with Gasteiger partial charge in [0.15, 0.2) is 0 Å². The van der Waals surface area contributed by atoms with Gasteiger partial charge >= 0.3 is 5.97 Å². The standard InChI is InChI=1S/C32H31N3O2/c1-21-17-27-18-26(28-19-33-34(2)20-28)12-15-30(27)32(25-6-3-22(4-7-25)5-16-31(36)37)35(21)29-13-10-24(11-14-29)23-8-9-23/h3-7,10-16,18-21,23,32H,8-9,17H2,1-2H3,(H,36,37)/b16-5+/t21-,32-/m0/s1. The first-order valence-corrected chi connectivity index (χ1v) is 13.0. The zero-order chi connectivity index (χ0) is 25.5. The molecule has 3 aromatic carbocycles. The monoisotopic (exact) mass is 489 g/mol. The van der Waals surface area contributed by atoms with Crippen LogP contribution in [0.15, 0.2) is 85.2 Å². The number of nitrogens with zero attached hydrogens (tertiary/aromatic N) is 3. The third-order valence-corrected chi connectivity index (χ3v) is 7.65. The highest BCUT2D eigenvalue weighted by Crippen LogP contribution is 2.44. The van der Waals surface area contributed by atoms with E-state index in [1.54, 1.807) is 6.08 Å². The third-order valence-electron chi connectivity index (χ3n) is 7.65. The van der Waals surface area contributed by atoms with Gasteiger partial charge in [-0.2, -0.15) is 5.10 Å². The van der Waals surface area contributed by atoms with Crippen molar-refractivity contribution in [2.45, 2.75) is 44.2 Å². The zero-order valence-electron chi connectivity index (χ0n) is 21.2. The smallest absolute Gasteiger partial charge is 0.328 e. The topological polar surface area (TPSA) is 58.4 Å². The summed E-state index contributed by atoms with van der Waals surface area (Å²) in [6, 6.07) is 24.6. The molecule has 0 amide bonds. The molecule has 186 valence electrons. The molecule has 1 N–H and O–H groups in total. The van der Waals surface area contributed by atoms with E-state index < -0.39 is 5.97 Å². The molecule has 0 radical (unpaired) electrons. The number of aliphatic carboxylic acids is 1. The van der Waals surface area contributed by atoms with E-state index in [9.17, 15) is 4.79 Å². The number of carbonyl (C=O) groups is 1. The van der Waals surface area contributed by atoms with Crippen molar-refractivity contribution >= 4 is 17.7 Å². The number of benzene rings is 3. The lowest BCUT2D eigenvalue weighted by atomic mass is 9.83. The van der Waals surface area contributed by atoms with Crippen LogP contribution in [0.5, 0.6) is 0 Å². The van der Waals surface area contributed by atoms with Gasteiger partial charge in [-0.15, -0.1) is 0 Å². The summed E-state index contributed by atoms with van der Waals surface area (Å²) in [6.45, 7) is 2.31. The van der Waals surface area contributed by atoms with E-state index in [1.165, 1.54) is 52.4 Å². The Morgan fingerprint density at radius 2 is 1.70 bits per heavy atom. The van der Waals surface area contributed by atoms with Gasteiger partial charge in [0.2, 0.25) is 0 Å². The average molecular weight is 490 g/mol. The summed E-state index contributed by atoms with van der Waals surface area (Å²) in [6.07, 6.45) is 10.4. The molecule has 5 nitrogen and oxygen atoms in total. The Morgan fingerprint density at radius 1 is 0.973 bits per heavy atom. The molecule has 5 heteroatoms. The predicted octanol–water partition coefficient (Wildman–Crippen LogP) is 6.60. The number of fused-ring (bicyclic) bond motifs is 1. The molecule has 1 aromatic heterocycles. The highest BCUT2D eigenvalue weighted by molar-refractivity contribution is 5.85. The van der Waals surface area contributed by atoms with Crippen molar-refractivity contribution < 1.29 is 9.90 Å². The zero-order valence-corrected chi connectivity index (χ0v) is 21.2. The molecule has 2 heterocycles. The van der Waals surface area contributed by atoms with Gasteiger partial charge in [0.25, 0.3) is 0 Å². The van der Waals surface area contributed by atoms with Crippen LogP contribution < -0.4 is 4.90 Å². The fourth-order valence-electron chi connectivity index (χ4n) is 5.66. The lowest BCUT2D eigenvalue weighted by molar-refractivity contribution is -0.131. The highest BCUT2D eigenvalue weighted by Gasteiger charge is 2.34. The van der Waals surface area contributed by atoms with Crippen LogP contribution >= 0.6 is 0 Å². The van der Waals surface area contributed by atoms with E-state index in [0.717, 1.165) is 23.5 Å². The second-order valence-corrected chi connectivity index (χ2v) is 10.4. The van der Waals surface area contributed by atoms with Crippen LogP contribution in [0.2, 0.25) is 0 Å². The molecule has 0 spiro atoms. The Labute approximate surface area is 217 Å². The second kappa shape index (κ2) is 9.40. The largest absolute Gasteiger partial charge is 0.478 e. The van der Waals surface area contributed by atoms with Crippen LogP contribution in [0.3, 0.4) is 0 Å². The van der Waals surface area contributed by atoms with Crippen molar-refractivity contribution in [2.24, 2.45) is 7.05 Å². The molecule has 37 heavy (non-hydrogen) atoms. The van der Waals surface area contributed by atoms with E-state index in [1.807, 2.05) is 30.1 Å². The van der Waals surface area contributed by atoms with Crippen LogP contribution in [0, 0.1) is 0 Å². The van der Waals surface area contributed by atoms with E-state index in [2.05, 4.69) is 77.7 Å². The van der Waals surface area contributed by atoms with Gasteiger partial charge in [-0.25, -0.2) is 4.79 Å². The Bertz CT molecular complexity index is 1460. The molecule has 6 rings (SSSR count). The summed E-state index contributed by atoms with van der Waals surface area (Å²) in [4.78, 5) is 13.5. The maximum Gasteiger partial charge on any atom is 0.328 e. The SMILES string of the molecule is C[C@H]1Cc2cc(-c3cnn(C)c3)ccc2[C@H](c2ccc(/C=C/C(=O)O)cc2)N1c1ccc(C2CC2)cc1. The number of carboxylic acids is 1. The third kappa shape index (κ3) is 4.69. The van der Waals surface area contributed by atoms with E-state index in [4.69, 9.17) is 5.11 Å². The molecule has 0 saturated heterocycles. The fourth-order valence-corrected chi connectivity index (χ4v) is 5.66. The molecule has 1 aliphatic heterocycles. The van der Waals surface area contributed by atoms with Crippen molar-refractivity contribution in [3.8, 4) is 11.1 Å². The molecular weight excluding hydrogens is 458 g/mol. The minimum Gasteiger partial charge on any atom is -0.478 e. The Balaban J connectivity index is 1.42. The van der Waals surface area contributed by atoms with Gasteiger partial charge in [0.05, 0.1) is 12.2 Å². The van der Waals surface area contributed by atoms with E-state index in [0.29, 0.717) is 6.04 Å². The number of anilines is 1. The fraction of sp³-hybridized carbons (Fsp3) is 0.250. The summed E-state index contributed by atoms with van der Waals surface area (Å²) in [5.41, 5.74) is 9.74. The number of hydrogen-bond donors (Lipinski definition) is 1. The van der Waals surface area contributed by atoms with Crippen LogP contribution in [-0.4, -0.2) is 26.9 Å². The normalized spacial score (nSPS) is 19.2. The summed E-state index contributed by atoms with van der Waals surface area (Å²) < 4.78 is 1.84. The highest BCUT2D eigenvalue weighted by atomic mass is 16.4. The minimum atomic E-state index is -0.940. The summed E-state index contributed by atoms with van der Waals surface area (Å²) >= 11 is 0. The maximum absolute atomic E-state index is 11.0. The molecule has 1 aliphatic carbocycles. The number of aromatic nitrogens is 2. The molecule has 0 unspecified atom stereocenters. The van der Waals surface area contributed by atoms with Crippen LogP contribution in [0.4, 0.5) is 5.69 Å². The number of rotatable bonds is 6. The van der Waals surface area contributed by atoms with Gasteiger partial charge < -0.3 is 10.0 Å². The molecule has 0 bridgehead atoms. The van der Waals surface area contributed by atoms with Crippen molar-refractivity contribution in [3.63, 3.8) is 0 Å². The summed E-state index contributed by atoms with van der Waals surface area (Å²) in [7, 11) is 1.95. The molecule has 1 fully saturated rings. The van der Waals surface area contributed by atoms with Crippen LogP contribution in [0.25, 0.3) is 17.2 Å². The van der Waals surface area contributed by atoms with Gasteiger partial charge in [-0.3, -0.25) is 4.68 Å². The van der Waals surface area contributed by atoms with Gasteiger partial charge in [-0.05, 0) is 83.7 Å². The number of hydrogen-bond acceptors (Lipinski definition) is 3. The maximum atomic E-state index is 11.0. The summed E-state index contributed by atoms with van der Waals surface area (Å²) in [5.74, 6) is -0.203. The van der Waals surface area contributed by atoms with Crippen LogP contribution in [0.1, 0.15) is 59.5 Å².